The summed E-state index contributed by atoms with van der Waals surface area (Å²) in [6, 6.07) is 6.38. The molecule has 4 heterocycles. The molecule has 1 saturated carbocycles. The molecule has 0 bridgehead atoms. The molecule has 2 aliphatic rings. The standard InChI is InChI=1S/C23H24N6O2/c1-30-21-19-16(14-2-3-17-18(12-14)25-10-9-24-17)13-26-20(19)28-22(29-21)27-15-4-6-23(7-5-15)8-11-31-23/h2-3,9-10,12-13,15H,4-8,11H2,1H3,(H2,26,27,28,29)/t15-,23-. The Balaban J connectivity index is 1.31. The van der Waals surface area contributed by atoms with Crippen LogP contribution in [0.25, 0.3) is 33.2 Å². The molecule has 6 rings (SSSR count). The van der Waals surface area contributed by atoms with E-state index < -0.39 is 0 Å². The number of methoxy groups -OCH3 is 1. The fourth-order valence-corrected chi connectivity index (χ4v) is 4.83. The van der Waals surface area contributed by atoms with Gasteiger partial charge in [-0.2, -0.15) is 9.97 Å². The number of hydrogen-bond donors (Lipinski definition) is 2. The van der Waals surface area contributed by atoms with Crippen molar-refractivity contribution in [2.24, 2.45) is 0 Å². The van der Waals surface area contributed by atoms with E-state index in [0.29, 0.717) is 17.9 Å². The summed E-state index contributed by atoms with van der Waals surface area (Å²) < 4.78 is 11.5. The molecular weight excluding hydrogens is 392 g/mol. The number of nitrogens with zero attached hydrogens (tertiary/aromatic N) is 4. The van der Waals surface area contributed by atoms with Gasteiger partial charge < -0.3 is 19.8 Å². The highest BCUT2D eigenvalue weighted by Crippen LogP contribution is 2.41. The fourth-order valence-electron chi connectivity index (χ4n) is 4.83. The number of H-pyrrole nitrogens is 1. The molecule has 1 spiro atoms. The first-order valence-corrected chi connectivity index (χ1v) is 10.8. The van der Waals surface area contributed by atoms with Crippen LogP contribution < -0.4 is 10.1 Å². The summed E-state index contributed by atoms with van der Waals surface area (Å²) in [4.78, 5) is 21.5. The van der Waals surface area contributed by atoms with Crippen molar-refractivity contribution < 1.29 is 9.47 Å². The highest BCUT2D eigenvalue weighted by Gasteiger charge is 2.41. The fraction of sp³-hybridized carbons (Fsp3) is 0.391. The highest BCUT2D eigenvalue weighted by atomic mass is 16.5. The number of aromatic amines is 1. The molecule has 31 heavy (non-hydrogen) atoms. The lowest BCUT2D eigenvalue weighted by Gasteiger charge is -2.46. The molecular formula is C23H24N6O2. The zero-order valence-electron chi connectivity index (χ0n) is 17.4. The summed E-state index contributed by atoms with van der Waals surface area (Å²) in [7, 11) is 1.65. The number of aromatic nitrogens is 5. The van der Waals surface area contributed by atoms with Crippen molar-refractivity contribution >= 4 is 28.0 Å². The predicted octanol–water partition coefficient (Wildman–Crippen LogP) is 4.09. The first-order chi connectivity index (χ1) is 15.2. The van der Waals surface area contributed by atoms with Gasteiger partial charge in [0, 0.05) is 30.2 Å². The van der Waals surface area contributed by atoms with Crippen LogP contribution in [0, 0.1) is 0 Å². The number of rotatable bonds is 4. The summed E-state index contributed by atoms with van der Waals surface area (Å²) in [5, 5.41) is 4.37. The Morgan fingerprint density at radius 2 is 1.90 bits per heavy atom. The summed E-state index contributed by atoms with van der Waals surface area (Å²) in [6.07, 6.45) is 10.9. The Morgan fingerprint density at radius 3 is 2.65 bits per heavy atom. The monoisotopic (exact) mass is 416 g/mol. The van der Waals surface area contributed by atoms with Crippen molar-refractivity contribution in [3.63, 3.8) is 0 Å². The van der Waals surface area contributed by atoms with Crippen LogP contribution in [0.1, 0.15) is 32.1 Å². The molecule has 1 saturated heterocycles. The van der Waals surface area contributed by atoms with Gasteiger partial charge in [0.2, 0.25) is 11.8 Å². The van der Waals surface area contributed by atoms with E-state index in [9.17, 15) is 0 Å². The zero-order chi connectivity index (χ0) is 20.8. The van der Waals surface area contributed by atoms with Crippen molar-refractivity contribution in [1.29, 1.82) is 0 Å². The van der Waals surface area contributed by atoms with Crippen molar-refractivity contribution in [3.05, 3.63) is 36.8 Å². The van der Waals surface area contributed by atoms with E-state index in [4.69, 9.17) is 14.5 Å². The van der Waals surface area contributed by atoms with Crippen molar-refractivity contribution in [3.8, 4) is 17.0 Å². The molecule has 8 nitrogen and oxygen atoms in total. The maximum absolute atomic E-state index is 5.83. The number of hydrogen-bond acceptors (Lipinski definition) is 7. The van der Waals surface area contributed by atoms with Gasteiger partial charge in [0.15, 0.2) is 0 Å². The first-order valence-electron chi connectivity index (χ1n) is 10.8. The van der Waals surface area contributed by atoms with E-state index in [2.05, 4.69) is 25.3 Å². The van der Waals surface area contributed by atoms with Crippen LogP contribution in [0.15, 0.2) is 36.8 Å². The molecule has 8 heteroatoms. The average molecular weight is 416 g/mol. The van der Waals surface area contributed by atoms with Crippen LogP contribution >= 0.6 is 0 Å². The van der Waals surface area contributed by atoms with Crippen LogP contribution in [0.4, 0.5) is 5.95 Å². The van der Waals surface area contributed by atoms with E-state index in [1.807, 2.05) is 24.4 Å². The minimum atomic E-state index is 0.152. The lowest BCUT2D eigenvalue weighted by atomic mass is 9.77. The van der Waals surface area contributed by atoms with E-state index in [-0.39, 0.29) is 5.60 Å². The van der Waals surface area contributed by atoms with Gasteiger partial charge in [0.1, 0.15) is 5.65 Å². The lowest BCUT2D eigenvalue weighted by molar-refractivity contribution is -0.165. The van der Waals surface area contributed by atoms with Crippen molar-refractivity contribution in [2.45, 2.75) is 43.7 Å². The van der Waals surface area contributed by atoms with E-state index >= 15 is 0 Å². The van der Waals surface area contributed by atoms with Crippen molar-refractivity contribution in [2.75, 3.05) is 19.0 Å². The second kappa shape index (κ2) is 7.16. The third-order valence-electron chi connectivity index (χ3n) is 6.67. The summed E-state index contributed by atoms with van der Waals surface area (Å²) >= 11 is 0. The maximum Gasteiger partial charge on any atom is 0.228 e. The van der Waals surface area contributed by atoms with Crippen LogP contribution in [0.3, 0.4) is 0 Å². The molecule has 0 unspecified atom stereocenters. The quantitative estimate of drug-likeness (QED) is 0.517. The smallest absolute Gasteiger partial charge is 0.228 e. The Labute approximate surface area is 179 Å². The first kappa shape index (κ1) is 18.5. The van der Waals surface area contributed by atoms with Crippen LogP contribution in [0.2, 0.25) is 0 Å². The lowest BCUT2D eigenvalue weighted by Crippen LogP contribution is -2.48. The summed E-state index contributed by atoms with van der Waals surface area (Å²) in [5.74, 6) is 1.15. The number of ether oxygens (including phenoxy) is 2. The highest BCUT2D eigenvalue weighted by molar-refractivity contribution is 5.99. The molecule has 3 aromatic heterocycles. The molecule has 1 aliphatic carbocycles. The van der Waals surface area contributed by atoms with E-state index in [1.54, 1.807) is 19.5 Å². The Kier molecular flexibility index (Phi) is 4.27. The molecule has 2 fully saturated rings. The molecule has 4 aromatic rings. The van der Waals surface area contributed by atoms with Gasteiger partial charge in [-0.1, -0.05) is 6.07 Å². The predicted molar refractivity (Wildman–Crippen MR) is 118 cm³/mol. The summed E-state index contributed by atoms with van der Waals surface area (Å²) in [5.41, 5.74) is 4.60. The third-order valence-corrected chi connectivity index (χ3v) is 6.67. The third kappa shape index (κ3) is 3.18. The second-order valence-corrected chi connectivity index (χ2v) is 8.44. The number of anilines is 1. The second-order valence-electron chi connectivity index (χ2n) is 8.44. The van der Waals surface area contributed by atoms with Crippen LogP contribution in [-0.2, 0) is 4.74 Å². The minimum absolute atomic E-state index is 0.152. The number of benzene rings is 1. The Morgan fingerprint density at radius 1 is 1.10 bits per heavy atom. The van der Waals surface area contributed by atoms with Gasteiger partial charge in [0.25, 0.3) is 0 Å². The SMILES string of the molecule is COc1nc(N[C@H]2CC[C@@]3(CCO3)CC2)nc2[nH]cc(-c3ccc4nccnc4c3)c12. The van der Waals surface area contributed by atoms with Gasteiger partial charge in [-0.3, -0.25) is 9.97 Å². The van der Waals surface area contributed by atoms with E-state index in [1.165, 1.54) is 6.42 Å². The largest absolute Gasteiger partial charge is 0.480 e. The van der Waals surface area contributed by atoms with Gasteiger partial charge in [-0.15, -0.1) is 0 Å². The molecule has 1 aliphatic heterocycles. The average Bonchev–Trinajstić information content (AvgIpc) is 3.22. The topological polar surface area (TPSA) is 97.8 Å². The van der Waals surface area contributed by atoms with Crippen molar-refractivity contribution in [1.82, 2.24) is 24.9 Å². The minimum Gasteiger partial charge on any atom is -0.480 e. The summed E-state index contributed by atoms with van der Waals surface area (Å²) in [6.45, 7) is 0.911. The molecule has 158 valence electrons. The van der Waals surface area contributed by atoms with Gasteiger partial charge >= 0.3 is 0 Å². The molecule has 0 amide bonds. The number of nitrogens with one attached hydrogen (secondary N) is 2. The normalized spacial score (nSPS) is 23.2. The van der Waals surface area contributed by atoms with Gasteiger partial charge in [-0.05, 0) is 49.8 Å². The Bertz CT molecular complexity index is 1260. The molecule has 0 radical (unpaired) electrons. The van der Waals surface area contributed by atoms with Crippen LogP contribution in [0.5, 0.6) is 5.88 Å². The van der Waals surface area contributed by atoms with E-state index in [0.717, 1.165) is 65.5 Å². The zero-order valence-corrected chi connectivity index (χ0v) is 17.4. The molecule has 2 N–H and O–H groups in total. The Hall–Kier alpha value is -3.26. The van der Waals surface area contributed by atoms with Crippen LogP contribution in [-0.4, -0.2) is 50.3 Å². The van der Waals surface area contributed by atoms with Gasteiger partial charge in [0.05, 0.1) is 35.7 Å². The molecule has 0 atom stereocenters. The molecule has 1 aromatic carbocycles. The maximum atomic E-state index is 5.83. The van der Waals surface area contributed by atoms with Gasteiger partial charge in [-0.25, -0.2) is 0 Å². The number of fused-ring (bicyclic) bond motifs is 2.